The normalized spacial score (nSPS) is 10.8. The third kappa shape index (κ3) is 2.33. The predicted molar refractivity (Wildman–Crippen MR) is 60.8 cm³/mol. The molecule has 0 spiro atoms. The molecule has 1 N–H and O–H groups in total. The van der Waals surface area contributed by atoms with Gasteiger partial charge in [-0.1, -0.05) is 43.3 Å². The molecule has 88 valence electrons. The molecule has 5 nitrogen and oxygen atoms in total. The number of carbonyl (C=O) groups is 1. The maximum Gasteiger partial charge on any atom is 0.394 e. The molecule has 17 heavy (non-hydrogen) atoms. The van der Waals surface area contributed by atoms with Gasteiger partial charge < -0.3 is 9.63 Å². The van der Waals surface area contributed by atoms with E-state index in [4.69, 9.17) is 5.11 Å². The Morgan fingerprint density at radius 2 is 1.94 bits per heavy atom. The van der Waals surface area contributed by atoms with Gasteiger partial charge in [0.2, 0.25) is 5.82 Å². The van der Waals surface area contributed by atoms with E-state index in [2.05, 4.69) is 28.5 Å². The first-order chi connectivity index (χ1) is 8.08. The minimum atomic E-state index is -1.22. The number of aromatic nitrogens is 2. The molecular weight excluding hydrogens is 220 g/mol. The molecule has 0 aliphatic carbocycles. The molecule has 0 amide bonds. The van der Waals surface area contributed by atoms with Crippen LogP contribution in [-0.4, -0.2) is 21.2 Å². The quantitative estimate of drug-likeness (QED) is 0.880. The van der Waals surface area contributed by atoms with Crippen molar-refractivity contribution in [3.05, 3.63) is 35.7 Å². The highest BCUT2D eigenvalue weighted by molar-refractivity contribution is 5.82. The molecule has 2 rings (SSSR count). The third-order valence-corrected chi connectivity index (χ3v) is 2.44. The summed E-state index contributed by atoms with van der Waals surface area (Å²) in [6, 6.07) is 7.64. The van der Waals surface area contributed by atoms with Crippen molar-refractivity contribution in [3.63, 3.8) is 0 Å². The lowest BCUT2D eigenvalue weighted by Gasteiger charge is -2.04. The molecule has 1 aromatic carbocycles. The SMILES string of the molecule is CC(C)c1ccc(-c2noc(C(=O)O)n2)cc1. The molecule has 0 bridgehead atoms. The zero-order valence-corrected chi connectivity index (χ0v) is 9.54. The van der Waals surface area contributed by atoms with Gasteiger partial charge in [-0.05, 0) is 11.5 Å². The Hall–Kier alpha value is -2.17. The van der Waals surface area contributed by atoms with Crippen molar-refractivity contribution < 1.29 is 14.4 Å². The summed E-state index contributed by atoms with van der Waals surface area (Å²) in [5.41, 5.74) is 1.95. The van der Waals surface area contributed by atoms with Crippen LogP contribution in [0.15, 0.2) is 28.8 Å². The Morgan fingerprint density at radius 1 is 1.29 bits per heavy atom. The lowest BCUT2D eigenvalue weighted by atomic mass is 10.0. The van der Waals surface area contributed by atoms with Gasteiger partial charge in [-0.3, -0.25) is 0 Å². The maximum atomic E-state index is 10.6. The van der Waals surface area contributed by atoms with E-state index < -0.39 is 11.9 Å². The first-order valence-corrected chi connectivity index (χ1v) is 5.25. The van der Waals surface area contributed by atoms with Gasteiger partial charge in [-0.15, -0.1) is 0 Å². The molecule has 2 aromatic rings. The second kappa shape index (κ2) is 4.37. The van der Waals surface area contributed by atoms with E-state index in [0.29, 0.717) is 5.92 Å². The molecule has 0 saturated carbocycles. The first kappa shape index (κ1) is 11.3. The van der Waals surface area contributed by atoms with Gasteiger partial charge >= 0.3 is 11.9 Å². The van der Waals surface area contributed by atoms with Crippen LogP contribution >= 0.6 is 0 Å². The highest BCUT2D eigenvalue weighted by Crippen LogP contribution is 2.20. The minimum Gasteiger partial charge on any atom is -0.474 e. The lowest BCUT2D eigenvalue weighted by Crippen LogP contribution is -1.95. The third-order valence-electron chi connectivity index (χ3n) is 2.44. The van der Waals surface area contributed by atoms with Gasteiger partial charge in [0, 0.05) is 5.56 Å². The Labute approximate surface area is 98.1 Å². The monoisotopic (exact) mass is 232 g/mol. The van der Waals surface area contributed by atoms with Gasteiger partial charge in [0.1, 0.15) is 0 Å². The van der Waals surface area contributed by atoms with E-state index in [-0.39, 0.29) is 5.82 Å². The first-order valence-electron chi connectivity index (χ1n) is 5.25. The number of aromatic carboxylic acids is 1. The number of carboxylic acids is 1. The van der Waals surface area contributed by atoms with Gasteiger partial charge in [-0.25, -0.2) is 4.79 Å². The maximum absolute atomic E-state index is 10.6. The van der Waals surface area contributed by atoms with Crippen molar-refractivity contribution in [1.82, 2.24) is 10.1 Å². The van der Waals surface area contributed by atoms with E-state index in [9.17, 15) is 4.79 Å². The van der Waals surface area contributed by atoms with Crippen LogP contribution in [0.5, 0.6) is 0 Å². The topological polar surface area (TPSA) is 76.2 Å². The summed E-state index contributed by atoms with van der Waals surface area (Å²) < 4.78 is 4.60. The van der Waals surface area contributed by atoms with Crippen LogP contribution in [-0.2, 0) is 0 Å². The summed E-state index contributed by atoms with van der Waals surface area (Å²) in [4.78, 5) is 14.4. The van der Waals surface area contributed by atoms with Crippen molar-refractivity contribution in [2.45, 2.75) is 19.8 Å². The predicted octanol–water partition coefficient (Wildman–Crippen LogP) is 2.56. The van der Waals surface area contributed by atoms with E-state index in [1.54, 1.807) is 0 Å². The van der Waals surface area contributed by atoms with E-state index >= 15 is 0 Å². The van der Waals surface area contributed by atoms with Crippen LogP contribution in [0.4, 0.5) is 0 Å². The average molecular weight is 232 g/mol. The smallest absolute Gasteiger partial charge is 0.394 e. The van der Waals surface area contributed by atoms with Crippen LogP contribution < -0.4 is 0 Å². The highest BCUT2D eigenvalue weighted by Gasteiger charge is 2.14. The summed E-state index contributed by atoms with van der Waals surface area (Å²) in [6.07, 6.45) is 0. The molecule has 0 atom stereocenters. The zero-order chi connectivity index (χ0) is 12.4. The second-order valence-corrected chi connectivity index (χ2v) is 4.00. The summed E-state index contributed by atoms with van der Waals surface area (Å²) in [6.45, 7) is 4.21. The Kier molecular flexibility index (Phi) is 2.91. The Bertz CT molecular complexity index is 529. The van der Waals surface area contributed by atoms with Crippen LogP contribution in [0.1, 0.15) is 36.0 Å². The van der Waals surface area contributed by atoms with Gasteiger partial charge in [0.25, 0.3) is 0 Å². The van der Waals surface area contributed by atoms with Crippen molar-refractivity contribution in [2.24, 2.45) is 0 Å². The number of benzene rings is 1. The van der Waals surface area contributed by atoms with Gasteiger partial charge in [0.15, 0.2) is 0 Å². The van der Waals surface area contributed by atoms with E-state index in [1.165, 1.54) is 5.56 Å². The molecule has 5 heteroatoms. The van der Waals surface area contributed by atoms with E-state index in [0.717, 1.165) is 5.56 Å². The molecule has 1 aromatic heterocycles. The molecule has 0 saturated heterocycles. The minimum absolute atomic E-state index is 0.290. The van der Waals surface area contributed by atoms with Gasteiger partial charge in [0.05, 0.1) is 0 Å². The average Bonchev–Trinajstić information content (AvgIpc) is 2.78. The standard InChI is InChI=1S/C12H12N2O3/c1-7(2)8-3-5-9(6-4-8)10-13-11(12(15)16)17-14-10/h3-7H,1-2H3,(H,15,16). The number of hydrogen-bond acceptors (Lipinski definition) is 4. The van der Waals surface area contributed by atoms with Crippen LogP contribution in [0.25, 0.3) is 11.4 Å². The number of carboxylic acid groups (broad SMARTS) is 1. The molecular formula is C12H12N2O3. The summed E-state index contributed by atoms with van der Waals surface area (Å²) in [7, 11) is 0. The van der Waals surface area contributed by atoms with Crippen LogP contribution in [0, 0.1) is 0 Å². The largest absolute Gasteiger partial charge is 0.474 e. The fourth-order valence-electron chi connectivity index (χ4n) is 1.44. The molecule has 0 radical (unpaired) electrons. The Balaban J connectivity index is 2.30. The van der Waals surface area contributed by atoms with Crippen LogP contribution in [0.2, 0.25) is 0 Å². The number of hydrogen-bond donors (Lipinski definition) is 1. The molecule has 0 aliphatic heterocycles. The lowest BCUT2D eigenvalue weighted by molar-refractivity contribution is 0.0643. The molecule has 0 unspecified atom stereocenters. The summed E-state index contributed by atoms with van der Waals surface area (Å²) in [5.74, 6) is -0.878. The number of nitrogens with zero attached hydrogens (tertiary/aromatic N) is 2. The number of rotatable bonds is 3. The fraction of sp³-hybridized carbons (Fsp3) is 0.250. The second-order valence-electron chi connectivity index (χ2n) is 4.00. The molecule has 1 heterocycles. The summed E-state index contributed by atoms with van der Waals surface area (Å²) in [5, 5.41) is 12.3. The molecule has 0 fully saturated rings. The van der Waals surface area contributed by atoms with Crippen LogP contribution in [0.3, 0.4) is 0 Å². The fourth-order valence-corrected chi connectivity index (χ4v) is 1.44. The van der Waals surface area contributed by atoms with Crippen molar-refractivity contribution in [3.8, 4) is 11.4 Å². The molecule has 0 aliphatic rings. The Morgan fingerprint density at radius 3 is 2.41 bits per heavy atom. The zero-order valence-electron chi connectivity index (χ0n) is 9.54. The van der Waals surface area contributed by atoms with Crippen molar-refractivity contribution in [1.29, 1.82) is 0 Å². The van der Waals surface area contributed by atoms with Crippen molar-refractivity contribution in [2.75, 3.05) is 0 Å². The van der Waals surface area contributed by atoms with Crippen molar-refractivity contribution >= 4 is 5.97 Å². The van der Waals surface area contributed by atoms with Gasteiger partial charge in [-0.2, -0.15) is 4.98 Å². The van der Waals surface area contributed by atoms with E-state index in [1.807, 2.05) is 24.3 Å². The summed E-state index contributed by atoms with van der Waals surface area (Å²) >= 11 is 0. The highest BCUT2D eigenvalue weighted by atomic mass is 16.5.